The van der Waals surface area contributed by atoms with E-state index in [4.69, 9.17) is 11.6 Å². The van der Waals surface area contributed by atoms with Crippen molar-refractivity contribution in [1.82, 2.24) is 5.32 Å². The molecular weight excluding hydrogens is 226 g/mol. The molecule has 1 aliphatic carbocycles. The molecule has 1 fully saturated rings. The lowest BCUT2D eigenvalue weighted by Crippen LogP contribution is -2.42. The summed E-state index contributed by atoms with van der Waals surface area (Å²) in [5.74, 6) is 0. The van der Waals surface area contributed by atoms with Crippen molar-refractivity contribution in [2.75, 3.05) is 13.6 Å². The average Bonchev–Trinajstić information content (AvgIpc) is 2.15. The van der Waals surface area contributed by atoms with Crippen LogP contribution in [-0.2, 0) is 0 Å². The summed E-state index contributed by atoms with van der Waals surface area (Å²) in [5, 5.41) is 4.12. The van der Waals surface area contributed by atoms with Gasteiger partial charge in [0.15, 0.2) is 0 Å². The molecule has 15 heavy (non-hydrogen) atoms. The highest BCUT2D eigenvalue weighted by atomic mass is 35.5. The van der Waals surface area contributed by atoms with Crippen molar-refractivity contribution < 1.29 is 0 Å². The van der Waals surface area contributed by atoms with Crippen LogP contribution in [0.3, 0.4) is 0 Å². The van der Waals surface area contributed by atoms with Crippen molar-refractivity contribution in [2.45, 2.75) is 28.9 Å². The van der Waals surface area contributed by atoms with Crippen LogP contribution in [0.1, 0.15) is 19.3 Å². The molecule has 0 aliphatic heterocycles. The average molecular weight is 242 g/mol. The summed E-state index contributed by atoms with van der Waals surface area (Å²) in [7, 11) is 2.03. The maximum Gasteiger partial charge on any atom is 0.0417 e. The summed E-state index contributed by atoms with van der Waals surface area (Å²) >= 11 is 7.95. The van der Waals surface area contributed by atoms with Crippen LogP contribution < -0.4 is 5.32 Å². The minimum atomic E-state index is 0.416. The summed E-state index contributed by atoms with van der Waals surface area (Å²) in [5.41, 5.74) is 0. The molecule has 1 nitrogen and oxygen atoms in total. The number of halogens is 1. The lowest BCUT2D eigenvalue weighted by Gasteiger charge is -2.41. The molecule has 1 N–H and O–H groups in total. The van der Waals surface area contributed by atoms with Gasteiger partial charge in [-0.05, 0) is 38.1 Å². The molecule has 0 aromatic heterocycles. The van der Waals surface area contributed by atoms with E-state index < -0.39 is 0 Å². The standard InChI is InChI=1S/C12H16ClNS/c1-14-9-12(6-3-7-12)15-11-5-2-4-10(13)8-11/h2,4-5,8,14H,3,6-7,9H2,1H3. The first kappa shape index (κ1) is 11.3. The maximum absolute atomic E-state index is 5.98. The van der Waals surface area contributed by atoms with E-state index in [1.54, 1.807) is 0 Å². The Bertz CT molecular complexity index is 336. The van der Waals surface area contributed by atoms with E-state index in [2.05, 4.69) is 17.4 Å². The molecule has 1 saturated carbocycles. The van der Waals surface area contributed by atoms with Gasteiger partial charge in [-0.25, -0.2) is 0 Å². The Morgan fingerprint density at radius 1 is 1.47 bits per heavy atom. The molecule has 0 atom stereocenters. The Balaban J connectivity index is 2.06. The van der Waals surface area contributed by atoms with E-state index >= 15 is 0 Å². The molecule has 0 bridgehead atoms. The van der Waals surface area contributed by atoms with Gasteiger partial charge in [0.05, 0.1) is 0 Å². The predicted molar refractivity (Wildman–Crippen MR) is 67.8 cm³/mol. The molecule has 2 rings (SSSR count). The van der Waals surface area contributed by atoms with Gasteiger partial charge in [-0.15, -0.1) is 11.8 Å². The number of benzene rings is 1. The summed E-state index contributed by atoms with van der Waals surface area (Å²) in [6.07, 6.45) is 3.98. The zero-order chi connectivity index (χ0) is 10.7. The molecule has 3 heteroatoms. The normalized spacial score (nSPS) is 18.5. The van der Waals surface area contributed by atoms with Gasteiger partial charge in [-0.1, -0.05) is 24.1 Å². The molecule has 82 valence electrons. The third-order valence-corrected chi connectivity index (χ3v) is 4.60. The van der Waals surface area contributed by atoms with Gasteiger partial charge < -0.3 is 5.32 Å². The van der Waals surface area contributed by atoms with E-state index in [0.717, 1.165) is 11.6 Å². The fraction of sp³-hybridized carbons (Fsp3) is 0.500. The summed E-state index contributed by atoms with van der Waals surface area (Å²) < 4.78 is 0.416. The Hall–Kier alpha value is -0.180. The number of thioether (sulfide) groups is 1. The zero-order valence-electron chi connectivity index (χ0n) is 8.92. The van der Waals surface area contributed by atoms with Gasteiger partial charge in [0.25, 0.3) is 0 Å². The first-order valence-electron chi connectivity index (χ1n) is 5.33. The van der Waals surface area contributed by atoms with Crippen LogP contribution >= 0.6 is 23.4 Å². The van der Waals surface area contributed by atoms with Gasteiger partial charge in [-0.2, -0.15) is 0 Å². The van der Waals surface area contributed by atoms with Gasteiger partial charge in [0, 0.05) is 21.2 Å². The number of hydrogen-bond acceptors (Lipinski definition) is 2. The number of nitrogens with one attached hydrogen (secondary N) is 1. The molecule has 1 aliphatic rings. The van der Waals surface area contributed by atoms with Gasteiger partial charge >= 0.3 is 0 Å². The summed E-state index contributed by atoms with van der Waals surface area (Å²) in [6, 6.07) is 8.15. The van der Waals surface area contributed by atoms with Crippen molar-refractivity contribution in [1.29, 1.82) is 0 Å². The smallest absolute Gasteiger partial charge is 0.0417 e. The van der Waals surface area contributed by atoms with Crippen molar-refractivity contribution >= 4 is 23.4 Å². The lowest BCUT2D eigenvalue weighted by molar-refractivity contribution is 0.353. The highest BCUT2D eigenvalue weighted by Gasteiger charge is 2.37. The van der Waals surface area contributed by atoms with Crippen molar-refractivity contribution in [3.8, 4) is 0 Å². The fourth-order valence-corrected chi connectivity index (χ4v) is 3.79. The Labute approximate surface area is 101 Å². The van der Waals surface area contributed by atoms with Gasteiger partial charge in [0.1, 0.15) is 0 Å². The van der Waals surface area contributed by atoms with Gasteiger partial charge in [-0.3, -0.25) is 0 Å². The minimum Gasteiger partial charge on any atom is -0.318 e. The Morgan fingerprint density at radius 3 is 2.80 bits per heavy atom. The van der Waals surface area contributed by atoms with E-state index in [9.17, 15) is 0 Å². The largest absolute Gasteiger partial charge is 0.318 e. The Kier molecular flexibility index (Phi) is 3.60. The highest BCUT2D eigenvalue weighted by Crippen LogP contribution is 2.47. The molecule has 0 heterocycles. The maximum atomic E-state index is 5.98. The van der Waals surface area contributed by atoms with Crippen molar-refractivity contribution in [2.24, 2.45) is 0 Å². The summed E-state index contributed by atoms with van der Waals surface area (Å²) in [6.45, 7) is 1.09. The molecule has 0 unspecified atom stereocenters. The number of hydrogen-bond donors (Lipinski definition) is 1. The zero-order valence-corrected chi connectivity index (χ0v) is 10.5. The molecule has 1 aromatic rings. The predicted octanol–water partition coefficient (Wildman–Crippen LogP) is 3.57. The van der Waals surface area contributed by atoms with Crippen LogP contribution in [0.15, 0.2) is 29.2 Å². The first-order chi connectivity index (χ1) is 7.24. The van der Waals surface area contributed by atoms with E-state index in [1.807, 2.05) is 30.9 Å². The second-order valence-corrected chi connectivity index (χ2v) is 6.10. The van der Waals surface area contributed by atoms with Crippen LogP contribution in [-0.4, -0.2) is 18.3 Å². The second kappa shape index (κ2) is 4.77. The van der Waals surface area contributed by atoms with Gasteiger partial charge in [0.2, 0.25) is 0 Å². The third-order valence-electron chi connectivity index (χ3n) is 2.89. The van der Waals surface area contributed by atoms with E-state index in [0.29, 0.717) is 4.75 Å². The third kappa shape index (κ3) is 2.68. The Morgan fingerprint density at radius 2 is 2.27 bits per heavy atom. The topological polar surface area (TPSA) is 12.0 Å². The van der Waals surface area contributed by atoms with Crippen LogP contribution in [0.5, 0.6) is 0 Å². The highest BCUT2D eigenvalue weighted by molar-refractivity contribution is 8.00. The minimum absolute atomic E-state index is 0.416. The van der Waals surface area contributed by atoms with Crippen LogP contribution in [0.4, 0.5) is 0 Å². The van der Waals surface area contributed by atoms with E-state index in [1.165, 1.54) is 24.2 Å². The molecule has 0 spiro atoms. The van der Waals surface area contributed by atoms with Crippen LogP contribution in [0, 0.1) is 0 Å². The monoisotopic (exact) mass is 241 g/mol. The molecule has 0 radical (unpaired) electrons. The molecular formula is C12H16ClNS. The molecule has 0 saturated heterocycles. The van der Waals surface area contributed by atoms with Crippen molar-refractivity contribution in [3.05, 3.63) is 29.3 Å². The molecule has 0 amide bonds. The van der Waals surface area contributed by atoms with Crippen molar-refractivity contribution in [3.63, 3.8) is 0 Å². The van der Waals surface area contributed by atoms with E-state index in [-0.39, 0.29) is 0 Å². The second-order valence-electron chi connectivity index (χ2n) is 4.13. The quantitative estimate of drug-likeness (QED) is 0.865. The fourth-order valence-electron chi connectivity index (χ4n) is 1.99. The summed E-state index contributed by atoms with van der Waals surface area (Å²) in [4.78, 5) is 1.29. The lowest BCUT2D eigenvalue weighted by atomic mass is 9.84. The number of rotatable bonds is 4. The SMILES string of the molecule is CNCC1(Sc2cccc(Cl)c2)CCC1. The first-order valence-corrected chi connectivity index (χ1v) is 6.53. The molecule has 1 aromatic carbocycles. The van der Waals surface area contributed by atoms with Crippen LogP contribution in [0.2, 0.25) is 5.02 Å². The van der Waals surface area contributed by atoms with Crippen LogP contribution in [0.25, 0.3) is 0 Å².